The molecule has 1 aromatic rings. The van der Waals surface area contributed by atoms with Gasteiger partial charge in [-0.25, -0.2) is 0 Å². The quantitative estimate of drug-likeness (QED) is 0.666. The van der Waals surface area contributed by atoms with Crippen LogP contribution < -0.4 is 0 Å². The molecular weight excluding hydrogens is 301 g/mol. The van der Waals surface area contributed by atoms with Crippen LogP contribution >= 0.6 is 0 Å². The lowest BCUT2D eigenvalue weighted by Gasteiger charge is -2.27. The van der Waals surface area contributed by atoms with Gasteiger partial charge in [-0.2, -0.15) is 30.7 Å². The lowest BCUT2D eigenvalue weighted by molar-refractivity contribution is -0.339. The van der Waals surface area contributed by atoms with Crippen molar-refractivity contribution >= 4 is 5.78 Å². The van der Waals surface area contributed by atoms with Gasteiger partial charge in [0.15, 0.2) is 0 Å². The molecule has 1 rings (SSSR count). The third-order valence-corrected chi connectivity index (χ3v) is 2.26. The number of hydrogen-bond donors (Lipinski definition) is 2. The summed E-state index contributed by atoms with van der Waals surface area (Å²) in [7, 11) is 0. The molecule has 0 amide bonds. The van der Waals surface area contributed by atoms with Gasteiger partial charge in [-0.05, 0) is 12.1 Å². The number of rotatable bonds is 3. The van der Waals surface area contributed by atoms with E-state index in [4.69, 9.17) is 10.2 Å². The van der Waals surface area contributed by atoms with E-state index in [1.54, 1.807) is 0 Å². The van der Waals surface area contributed by atoms with Crippen LogP contribution in [0.3, 0.4) is 0 Å². The SMILES string of the molecule is O=C(c1ccc(O)cc1O)C(F)(F)C(F)(F)C(F)(F)F. The maximum Gasteiger partial charge on any atom is 0.460 e. The molecule has 0 bridgehead atoms. The van der Waals surface area contributed by atoms with Crippen molar-refractivity contribution in [3.8, 4) is 11.5 Å². The Hall–Kier alpha value is -2.00. The number of hydrogen-bond acceptors (Lipinski definition) is 3. The van der Waals surface area contributed by atoms with Gasteiger partial charge in [-0.1, -0.05) is 0 Å². The number of halogens is 7. The topological polar surface area (TPSA) is 57.5 Å². The first-order chi connectivity index (χ1) is 8.82. The van der Waals surface area contributed by atoms with Crippen molar-refractivity contribution in [3.05, 3.63) is 23.8 Å². The fraction of sp³-hybridized carbons (Fsp3) is 0.300. The molecule has 0 aromatic heterocycles. The van der Waals surface area contributed by atoms with Crippen LogP contribution in [0.2, 0.25) is 0 Å². The van der Waals surface area contributed by atoms with Crippen LogP contribution in [0.15, 0.2) is 18.2 Å². The third-order valence-electron chi connectivity index (χ3n) is 2.26. The molecule has 0 aliphatic heterocycles. The monoisotopic (exact) mass is 306 g/mol. The summed E-state index contributed by atoms with van der Waals surface area (Å²) in [6, 6.07) is 1.21. The van der Waals surface area contributed by atoms with Gasteiger partial charge in [0.2, 0.25) is 5.78 Å². The predicted molar refractivity (Wildman–Crippen MR) is 50.1 cm³/mol. The molecule has 0 saturated carbocycles. The molecule has 2 N–H and O–H groups in total. The molecule has 112 valence electrons. The van der Waals surface area contributed by atoms with E-state index in [9.17, 15) is 35.5 Å². The summed E-state index contributed by atoms with van der Waals surface area (Å²) in [6.45, 7) is 0. The number of phenols is 2. The average molecular weight is 306 g/mol. The minimum absolute atomic E-state index is 0.299. The molecule has 0 aliphatic carbocycles. The van der Waals surface area contributed by atoms with Crippen molar-refractivity contribution in [3.63, 3.8) is 0 Å². The van der Waals surface area contributed by atoms with Gasteiger partial charge < -0.3 is 10.2 Å². The molecule has 1 aromatic carbocycles. The molecule has 10 heteroatoms. The number of alkyl halides is 7. The lowest BCUT2D eigenvalue weighted by Crippen LogP contribution is -2.56. The van der Waals surface area contributed by atoms with Gasteiger partial charge in [0, 0.05) is 6.07 Å². The van der Waals surface area contributed by atoms with E-state index in [-0.39, 0.29) is 0 Å². The van der Waals surface area contributed by atoms with Crippen molar-refractivity contribution in [1.29, 1.82) is 0 Å². The molecule has 0 unspecified atom stereocenters. The Labute approximate surface area is 106 Å². The first-order valence-electron chi connectivity index (χ1n) is 4.71. The molecule has 0 atom stereocenters. The second kappa shape index (κ2) is 4.53. The Morgan fingerprint density at radius 2 is 1.45 bits per heavy atom. The smallest absolute Gasteiger partial charge is 0.460 e. The molecule has 20 heavy (non-hydrogen) atoms. The highest BCUT2D eigenvalue weighted by Gasteiger charge is 2.76. The lowest BCUT2D eigenvalue weighted by atomic mass is 9.99. The van der Waals surface area contributed by atoms with Crippen molar-refractivity contribution in [2.24, 2.45) is 0 Å². The average Bonchev–Trinajstić information content (AvgIpc) is 2.26. The summed E-state index contributed by atoms with van der Waals surface area (Å²) in [5, 5.41) is 17.9. The number of carbonyl (C=O) groups is 1. The minimum Gasteiger partial charge on any atom is -0.508 e. The van der Waals surface area contributed by atoms with Crippen molar-refractivity contribution in [2.75, 3.05) is 0 Å². The van der Waals surface area contributed by atoms with E-state index in [1.165, 1.54) is 0 Å². The molecule has 0 heterocycles. The summed E-state index contributed by atoms with van der Waals surface area (Å²) in [5.41, 5.74) is -1.48. The van der Waals surface area contributed by atoms with Crippen molar-refractivity contribution in [2.45, 2.75) is 18.0 Å². The third kappa shape index (κ3) is 2.37. The van der Waals surface area contributed by atoms with Crippen LogP contribution in [0.4, 0.5) is 30.7 Å². The highest BCUT2D eigenvalue weighted by Crippen LogP contribution is 2.48. The standard InChI is InChI=1S/C10H5F7O3/c11-8(12,9(13,14)10(15,16)17)7(20)5-2-1-4(18)3-6(5)19/h1-3,18-19H. The van der Waals surface area contributed by atoms with E-state index in [1.807, 2.05) is 0 Å². The van der Waals surface area contributed by atoms with Gasteiger partial charge in [-0.3, -0.25) is 4.79 Å². The van der Waals surface area contributed by atoms with Crippen LogP contribution in [0.1, 0.15) is 10.4 Å². The maximum atomic E-state index is 13.1. The van der Waals surface area contributed by atoms with Crippen LogP contribution in [-0.2, 0) is 0 Å². The number of Topliss-reactive ketones (excluding diaryl/α,β-unsaturated/α-hetero) is 1. The molecule has 3 nitrogen and oxygen atoms in total. The Morgan fingerprint density at radius 3 is 1.85 bits per heavy atom. The van der Waals surface area contributed by atoms with E-state index >= 15 is 0 Å². The zero-order valence-electron chi connectivity index (χ0n) is 9.18. The zero-order chi connectivity index (χ0) is 15.9. The molecule has 0 fully saturated rings. The van der Waals surface area contributed by atoms with Crippen molar-refractivity contribution in [1.82, 2.24) is 0 Å². The molecular formula is C10H5F7O3. The highest BCUT2D eigenvalue weighted by molar-refractivity contribution is 6.04. The van der Waals surface area contributed by atoms with Gasteiger partial charge >= 0.3 is 18.0 Å². The van der Waals surface area contributed by atoms with Gasteiger partial charge in [0.25, 0.3) is 0 Å². The van der Waals surface area contributed by atoms with Gasteiger partial charge in [0.1, 0.15) is 11.5 Å². The fourth-order valence-corrected chi connectivity index (χ4v) is 1.20. The zero-order valence-corrected chi connectivity index (χ0v) is 9.18. The summed E-state index contributed by atoms with van der Waals surface area (Å²) >= 11 is 0. The van der Waals surface area contributed by atoms with Crippen LogP contribution in [0, 0.1) is 0 Å². The number of phenolic OH excluding ortho intramolecular Hbond substituents is 2. The summed E-state index contributed by atoms with van der Waals surface area (Å²) in [5.74, 6) is -17.7. The minimum atomic E-state index is -6.65. The van der Waals surface area contributed by atoms with Crippen molar-refractivity contribution < 1.29 is 45.7 Å². The van der Waals surface area contributed by atoms with Crippen LogP contribution in [0.25, 0.3) is 0 Å². The Morgan fingerprint density at radius 1 is 0.950 bits per heavy atom. The molecule has 0 spiro atoms. The Balaban J connectivity index is 3.32. The highest BCUT2D eigenvalue weighted by atomic mass is 19.4. The predicted octanol–water partition coefficient (Wildman–Crippen LogP) is 3.11. The first-order valence-corrected chi connectivity index (χ1v) is 4.71. The first kappa shape index (κ1) is 16.1. The number of benzene rings is 1. The normalized spacial score (nSPS) is 13.3. The molecule has 0 aliphatic rings. The number of carbonyl (C=O) groups excluding carboxylic acids is 1. The van der Waals surface area contributed by atoms with Gasteiger partial charge in [-0.15, -0.1) is 0 Å². The van der Waals surface area contributed by atoms with Gasteiger partial charge in [0.05, 0.1) is 5.56 Å². The van der Waals surface area contributed by atoms with E-state index in [2.05, 4.69) is 0 Å². The second-order valence-corrected chi connectivity index (χ2v) is 3.68. The number of ketones is 1. The summed E-state index contributed by atoms with van der Waals surface area (Å²) < 4.78 is 87.0. The Kier molecular flexibility index (Phi) is 3.64. The molecule has 0 saturated heterocycles. The van der Waals surface area contributed by atoms with Crippen LogP contribution in [0.5, 0.6) is 11.5 Å². The molecule has 0 radical (unpaired) electrons. The van der Waals surface area contributed by atoms with E-state index < -0.39 is 40.9 Å². The second-order valence-electron chi connectivity index (χ2n) is 3.68. The largest absolute Gasteiger partial charge is 0.508 e. The Bertz CT molecular complexity index is 536. The fourth-order valence-electron chi connectivity index (χ4n) is 1.20. The summed E-state index contributed by atoms with van der Waals surface area (Å²) in [4.78, 5) is 11.1. The maximum absolute atomic E-state index is 13.1. The van der Waals surface area contributed by atoms with E-state index in [0.29, 0.717) is 18.2 Å². The summed E-state index contributed by atoms with van der Waals surface area (Å²) in [6.07, 6.45) is -6.65. The van der Waals surface area contributed by atoms with Crippen LogP contribution in [-0.4, -0.2) is 34.0 Å². The van der Waals surface area contributed by atoms with E-state index in [0.717, 1.165) is 0 Å². The number of aromatic hydroxyl groups is 2.